The Kier molecular flexibility index (Phi) is 4.62. The van der Waals surface area contributed by atoms with E-state index < -0.39 is 0 Å². The van der Waals surface area contributed by atoms with Crippen molar-refractivity contribution < 1.29 is 0 Å². The fourth-order valence-corrected chi connectivity index (χ4v) is 3.25. The first-order chi connectivity index (χ1) is 8.15. The minimum Gasteiger partial charge on any atom is -0.308 e. The zero-order valence-corrected chi connectivity index (χ0v) is 12.6. The summed E-state index contributed by atoms with van der Waals surface area (Å²) in [5.41, 5.74) is 1.22. The van der Waals surface area contributed by atoms with Gasteiger partial charge < -0.3 is 5.32 Å². The van der Waals surface area contributed by atoms with E-state index in [0.29, 0.717) is 0 Å². The maximum Gasteiger partial charge on any atom is 0.0417 e. The van der Waals surface area contributed by atoms with Gasteiger partial charge in [0.15, 0.2) is 0 Å². The number of nitrogens with one attached hydrogen (secondary N) is 1. The topological polar surface area (TPSA) is 12.0 Å². The third kappa shape index (κ3) is 3.81. The van der Waals surface area contributed by atoms with Gasteiger partial charge in [-0.1, -0.05) is 33.6 Å². The van der Waals surface area contributed by atoms with Crippen molar-refractivity contribution in [2.24, 2.45) is 0 Å². The van der Waals surface area contributed by atoms with Gasteiger partial charge in [0, 0.05) is 32.3 Å². The molecule has 0 saturated heterocycles. The summed E-state index contributed by atoms with van der Waals surface area (Å²) in [5.74, 6) is 0. The minimum atomic E-state index is 0.759. The van der Waals surface area contributed by atoms with E-state index in [2.05, 4.69) is 40.3 Å². The molecule has 0 unspecified atom stereocenters. The zero-order valence-electron chi connectivity index (χ0n) is 9.47. The zero-order chi connectivity index (χ0) is 12.3. The Morgan fingerprint density at radius 2 is 2.06 bits per heavy atom. The van der Waals surface area contributed by atoms with Crippen LogP contribution >= 0.6 is 38.9 Å². The Balaban J connectivity index is 1.90. The van der Waals surface area contributed by atoms with Crippen molar-refractivity contribution in [3.63, 3.8) is 0 Å². The molecule has 17 heavy (non-hydrogen) atoms. The van der Waals surface area contributed by atoms with E-state index >= 15 is 0 Å². The standard InChI is InChI=1S/C13H13BrClNS/c1-9-2-5-12(17-9)8-16-7-10-3-4-11(15)6-13(10)14/h2-6,16H,7-8H2,1H3. The lowest BCUT2D eigenvalue weighted by Gasteiger charge is -2.06. The molecule has 0 amide bonds. The van der Waals surface area contributed by atoms with Gasteiger partial charge in [-0.25, -0.2) is 0 Å². The fourth-order valence-electron chi connectivity index (χ4n) is 1.57. The first-order valence-corrected chi connectivity index (χ1v) is 7.34. The number of aryl methyl sites for hydroxylation is 1. The molecule has 0 saturated carbocycles. The van der Waals surface area contributed by atoms with Gasteiger partial charge in [0.2, 0.25) is 0 Å². The molecule has 2 aromatic rings. The molecular weight excluding hydrogens is 318 g/mol. The summed E-state index contributed by atoms with van der Waals surface area (Å²) in [5, 5.41) is 4.19. The maximum absolute atomic E-state index is 5.90. The Morgan fingerprint density at radius 1 is 1.24 bits per heavy atom. The van der Waals surface area contributed by atoms with Crippen molar-refractivity contribution in [3.05, 3.63) is 55.1 Å². The Hall–Kier alpha value is -0.350. The van der Waals surface area contributed by atoms with E-state index in [9.17, 15) is 0 Å². The lowest BCUT2D eigenvalue weighted by molar-refractivity contribution is 0.699. The van der Waals surface area contributed by atoms with Crippen molar-refractivity contribution in [3.8, 4) is 0 Å². The first kappa shape index (κ1) is 13.1. The summed E-state index contributed by atoms with van der Waals surface area (Å²) in [6.07, 6.45) is 0. The molecule has 1 heterocycles. The predicted molar refractivity (Wildman–Crippen MR) is 78.8 cm³/mol. The highest BCUT2D eigenvalue weighted by atomic mass is 79.9. The summed E-state index contributed by atoms with van der Waals surface area (Å²) in [6.45, 7) is 3.88. The Morgan fingerprint density at radius 3 is 2.71 bits per heavy atom. The van der Waals surface area contributed by atoms with Crippen molar-refractivity contribution in [2.75, 3.05) is 0 Å². The molecule has 1 N–H and O–H groups in total. The third-order valence-electron chi connectivity index (χ3n) is 2.43. The van der Waals surface area contributed by atoms with Crippen LogP contribution in [-0.2, 0) is 13.1 Å². The van der Waals surface area contributed by atoms with Gasteiger partial charge >= 0.3 is 0 Å². The van der Waals surface area contributed by atoms with Crippen molar-refractivity contribution >= 4 is 38.9 Å². The van der Waals surface area contributed by atoms with E-state index in [1.54, 1.807) is 0 Å². The van der Waals surface area contributed by atoms with Gasteiger partial charge in [-0.05, 0) is 36.8 Å². The monoisotopic (exact) mass is 329 g/mol. The molecule has 1 aromatic heterocycles. The van der Waals surface area contributed by atoms with Crippen LogP contribution in [0.4, 0.5) is 0 Å². The summed E-state index contributed by atoms with van der Waals surface area (Å²) in [4.78, 5) is 2.72. The molecule has 0 fully saturated rings. The maximum atomic E-state index is 5.90. The average Bonchev–Trinajstić information content (AvgIpc) is 2.68. The van der Waals surface area contributed by atoms with Gasteiger partial charge in [0.1, 0.15) is 0 Å². The highest BCUT2D eigenvalue weighted by Gasteiger charge is 2.01. The highest BCUT2D eigenvalue weighted by Crippen LogP contribution is 2.21. The molecule has 0 atom stereocenters. The normalized spacial score (nSPS) is 10.8. The average molecular weight is 331 g/mol. The molecule has 0 aliphatic carbocycles. The van der Waals surface area contributed by atoms with Gasteiger partial charge in [0.25, 0.3) is 0 Å². The van der Waals surface area contributed by atoms with Crippen LogP contribution in [0.15, 0.2) is 34.8 Å². The van der Waals surface area contributed by atoms with E-state index in [-0.39, 0.29) is 0 Å². The fraction of sp³-hybridized carbons (Fsp3) is 0.231. The third-order valence-corrected chi connectivity index (χ3v) is 4.40. The van der Waals surface area contributed by atoms with Gasteiger partial charge in [-0.3, -0.25) is 0 Å². The van der Waals surface area contributed by atoms with E-state index in [1.165, 1.54) is 15.3 Å². The SMILES string of the molecule is Cc1ccc(CNCc2ccc(Cl)cc2Br)s1. The molecule has 0 radical (unpaired) electrons. The van der Waals surface area contributed by atoms with Gasteiger partial charge in [0.05, 0.1) is 0 Å². The molecule has 1 nitrogen and oxygen atoms in total. The second-order valence-corrected chi connectivity index (χ2v) is 6.51. The quantitative estimate of drug-likeness (QED) is 0.852. The number of hydrogen-bond donors (Lipinski definition) is 1. The van der Waals surface area contributed by atoms with Crippen LogP contribution in [0.2, 0.25) is 5.02 Å². The molecular formula is C13H13BrClNS. The lowest BCUT2D eigenvalue weighted by atomic mass is 10.2. The van der Waals surface area contributed by atoms with Crippen molar-refractivity contribution in [2.45, 2.75) is 20.0 Å². The van der Waals surface area contributed by atoms with Crippen molar-refractivity contribution in [1.29, 1.82) is 0 Å². The van der Waals surface area contributed by atoms with Gasteiger partial charge in [-0.15, -0.1) is 11.3 Å². The van der Waals surface area contributed by atoms with Crippen LogP contribution in [0, 0.1) is 6.92 Å². The number of thiophene rings is 1. The van der Waals surface area contributed by atoms with Crippen LogP contribution in [0.1, 0.15) is 15.3 Å². The van der Waals surface area contributed by atoms with Crippen LogP contribution in [0.5, 0.6) is 0 Å². The van der Waals surface area contributed by atoms with Crippen LogP contribution < -0.4 is 5.32 Å². The van der Waals surface area contributed by atoms with Crippen LogP contribution in [-0.4, -0.2) is 0 Å². The number of halogens is 2. The van der Waals surface area contributed by atoms with Gasteiger partial charge in [-0.2, -0.15) is 0 Å². The Labute approximate surface area is 119 Å². The largest absolute Gasteiger partial charge is 0.308 e. The second-order valence-electron chi connectivity index (χ2n) is 3.85. The summed E-state index contributed by atoms with van der Waals surface area (Å²) in [7, 11) is 0. The summed E-state index contributed by atoms with van der Waals surface area (Å²) >= 11 is 11.3. The molecule has 0 aliphatic heterocycles. The second kappa shape index (κ2) is 6.01. The lowest BCUT2D eigenvalue weighted by Crippen LogP contribution is -2.12. The van der Waals surface area contributed by atoms with Crippen LogP contribution in [0.3, 0.4) is 0 Å². The summed E-state index contributed by atoms with van der Waals surface area (Å²) in [6, 6.07) is 10.2. The van der Waals surface area contributed by atoms with E-state index in [1.807, 2.05) is 29.5 Å². The molecule has 1 aromatic carbocycles. The molecule has 0 aliphatic rings. The number of rotatable bonds is 4. The predicted octanol–water partition coefficient (Wildman–Crippen LogP) is 4.76. The molecule has 0 spiro atoms. The molecule has 90 valence electrons. The van der Waals surface area contributed by atoms with Crippen LogP contribution in [0.25, 0.3) is 0 Å². The first-order valence-electron chi connectivity index (χ1n) is 5.35. The number of benzene rings is 1. The molecule has 4 heteroatoms. The minimum absolute atomic E-state index is 0.759. The Bertz CT molecular complexity index is 510. The highest BCUT2D eigenvalue weighted by molar-refractivity contribution is 9.10. The molecule has 0 bridgehead atoms. The van der Waals surface area contributed by atoms with E-state index in [0.717, 1.165) is 22.6 Å². The summed E-state index contributed by atoms with van der Waals surface area (Å²) < 4.78 is 1.06. The van der Waals surface area contributed by atoms with E-state index in [4.69, 9.17) is 11.6 Å². The smallest absolute Gasteiger partial charge is 0.0417 e. The molecule has 2 rings (SSSR count). The van der Waals surface area contributed by atoms with Crippen molar-refractivity contribution in [1.82, 2.24) is 5.32 Å². The number of hydrogen-bond acceptors (Lipinski definition) is 2.